The first-order valence-corrected chi connectivity index (χ1v) is 10.3. The zero-order chi connectivity index (χ0) is 19.5. The maximum absolute atomic E-state index is 12.0. The molecule has 26 heavy (non-hydrogen) atoms. The van der Waals surface area contributed by atoms with Crippen LogP contribution >= 0.6 is 15.6 Å². The van der Waals surface area contributed by atoms with E-state index in [-0.39, 0.29) is 6.42 Å². The minimum atomic E-state index is -5.28. The number of aromatic nitrogens is 2. The molecule has 2 saturated carbocycles. The van der Waals surface area contributed by atoms with Gasteiger partial charge in [-0.1, -0.05) is 0 Å². The van der Waals surface area contributed by atoms with Crippen LogP contribution in [0.2, 0.25) is 0 Å². The number of H-pyrrole nitrogens is 1. The fourth-order valence-corrected chi connectivity index (χ4v) is 5.27. The molecule has 2 aliphatic carbocycles. The number of nitrogens with one attached hydrogen (secondary N) is 1. The molecule has 0 radical (unpaired) electrons. The monoisotopic (exact) mass is 414 g/mol. The van der Waals surface area contributed by atoms with E-state index in [1.54, 1.807) is 0 Å². The molecule has 15 heteroatoms. The van der Waals surface area contributed by atoms with Gasteiger partial charge < -0.3 is 24.9 Å². The van der Waals surface area contributed by atoms with Crippen molar-refractivity contribution in [2.24, 2.45) is 11.8 Å². The molecular formula is C11H16N2O11P2. The number of aromatic amines is 1. The molecule has 1 unspecified atom stereocenters. The largest absolute Gasteiger partial charge is 0.481 e. The standard InChI is InChI=1S/C11H16N2O11P2/c14-7-1-2-13(10(17)12-7)11-3-6(11)5(8(15)9(11)16)4-23-26(21,22)24-25(18,19)20/h1-2,5-6,8-9,15-16H,3-4H2,(H,21,22)(H,12,14,17)(H2,18,19,20)/t5-,6-,8+,9+,11+/m0/s1. The van der Waals surface area contributed by atoms with Crippen molar-refractivity contribution in [1.82, 2.24) is 9.55 Å². The molecule has 0 bridgehead atoms. The Morgan fingerprint density at radius 1 is 1.27 bits per heavy atom. The maximum Gasteiger partial charge on any atom is 0.481 e. The average Bonchev–Trinajstić information content (AvgIpc) is 3.15. The van der Waals surface area contributed by atoms with E-state index in [1.807, 2.05) is 4.98 Å². The van der Waals surface area contributed by atoms with Crippen molar-refractivity contribution in [3.05, 3.63) is 33.1 Å². The van der Waals surface area contributed by atoms with Gasteiger partial charge >= 0.3 is 21.3 Å². The lowest BCUT2D eigenvalue weighted by Crippen LogP contribution is -2.44. The highest BCUT2D eigenvalue weighted by Crippen LogP contribution is 2.65. The second-order valence-electron chi connectivity index (χ2n) is 6.22. The minimum absolute atomic E-state index is 0.223. The Hall–Kier alpha value is -1.14. The van der Waals surface area contributed by atoms with Gasteiger partial charge in [-0.05, 0) is 12.3 Å². The average molecular weight is 414 g/mol. The number of aliphatic hydroxyl groups is 2. The predicted octanol–water partition coefficient (Wildman–Crippen LogP) is -2.17. The van der Waals surface area contributed by atoms with Crippen molar-refractivity contribution in [3.8, 4) is 0 Å². The summed E-state index contributed by atoms with van der Waals surface area (Å²) in [5.41, 5.74) is -2.63. The molecule has 2 fully saturated rings. The van der Waals surface area contributed by atoms with Crippen molar-refractivity contribution < 1.29 is 42.9 Å². The second-order valence-corrected chi connectivity index (χ2v) is 9.05. The van der Waals surface area contributed by atoms with Gasteiger partial charge in [0.1, 0.15) is 6.10 Å². The van der Waals surface area contributed by atoms with Gasteiger partial charge in [0.05, 0.1) is 18.2 Å². The first-order valence-electron chi connectivity index (χ1n) is 7.30. The summed E-state index contributed by atoms with van der Waals surface area (Å²) in [5, 5.41) is 20.5. The van der Waals surface area contributed by atoms with E-state index in [9.17, 15) is 33.8 Å². The lowest BCUT2D eigenvalue weighted by atomic mass is 10.0. The number of phosphoric ester groups is 1. The Morgan fingerprint density at radius 3 is 2.50 bits per heavy atom. The Morgan fingerprint density at radius 2 is 1.92 bits per heavy atom. The van der Waals surface area contributed by atoms with Gasteiger partial charge in [0, 0.05) is 18.2 Å². The molecule has 2 aliphatic rings. The zero-order valence-electron chi connectivity index (χ0n) is 12.9. The van der Waals surface area contributed by atoms with Gasteiger partial charge in [-0.15, -0.1) is 0 Å². The van der Waals surface area contributed by atoms with Crippen LogP contribution in [0.4, 0.5) is 0 Å². The second kappa shape index (κ2) is 6.20. The lowest BCUT2D eigenvalue weighted by molar-refractivity contribution is -0.0281. The number of phosphoric acid groups is 2. The summed E-state index contributed by atoms with van der Waals surface area (Å²) in [6.45, 7) is -0.656. The normalized spacial score (nSPS) is 35.7. The Labute approximate surface area is 144 Å². The number of hydrogen-bond donors (Lipinski definition) is 6. The van der Waals surface area contributed by atoms with Crippen LogP contribution in [0.5, 0.6) is 0 Å². The van der Waals surface area contributed by atoms with Crippen LogP contribution < -0.4 is 11.2 Å². The zero-order valence-corrected chi connectivity index (χ0v) is 14.7. The van der Waals surface area contributed by atoms with Gasteiger partial charge in [-0.3, -0.25) is 18.9 Å². The smallest absolute Gasteiger partial charge is 0.390 e. The maximum atomic E-state index is 12.0. The van der Waals surface area contributed by atoms with Crippen LogP contribution in [-0.4, -0.2) is 53.3 Å². The topological polar surface area (TPSA) is 209 Å². The van der Waals surface area contributed by atoms with E-state index >= 15 is 0 Å². The number of hydrogen-bond acceptors (Lipinski definition) is 8. The van der Waals surface area contributed by atoms with Gasteiger partial charge in [0.25, 0.3) is 5.56 Å². The highest BCUT2D eigenvalue weighted by atomic mass is 31.3. The summed E-state index contributed by atoms with van der Waals surface area (Å²) < 4.78 is 31.4. The number of rotatable bonds is 6. The molecule has 1 aromatic heterocycles. The molecule has 0 amide bonds. The van der Waals surface area contributed by atoms with Crippen LogP contribution in [0.3, 0.4) is 0 Å². The van der Waals surface area contributed by atoms with Crippen molar-refractivity contribution >= 4 is 15.6 Å². The van der Waals surface area contributed by atoms with Gasteiger partial charge in [0.15, 0.2) is 0 Å². The molecule has 146 valence electrons. The number of nitrogens with zero attached hydrogens (tertiary/aromatic N) is 1. The fourth-order valence-electron chi connectivity index (χ4n) is 3.64. The summed E-state index contributed by atoms with van der Waals surface area (Å²) in [6.07, 6.45) is -1.47. The molecule has 13 nitrogen and oxygen atoms in total. The summed E-state index contributed by atoms with van der Waals surface area (Å²) in [4.78, 5) is 51.6. The molecule has 0 saturated heterocycles. The summed E-state index contributed by atoms with van der Waals surface area (Å²) in [6, 6.07) is 1.07. The first kappa shape index (κ1) is 19.6. The fraction of sp³-hybridized carbons (Fsp3) is 0.636. The summed E-state index contributed by atoms with van der Waals surface area (Å²) >= 11 is 0. The van der Waals surface area contributed by atoms with E-state index < -0.39 is 63.1 Å². The SMILES string of the molecule is O=c1ccn([C@]23C[C@H]2[C@H](COP(=O)(O)OP(=O)(O)O)[C@@H](O)[C@H]3O)c(=O)[nH]1. The minimum Gasteiger partial charge on any atom is -0.390 e. The van der Waals surface area contributed by atoms with Crippen molar-refractivity contribution in [2.75, 3.05) is 6.61 Å². The van der Waals surface area contributed by atoms with Crippen LogP contribution in [0.25, 0.3) is 0 Å². The van der Waals surface area contributed by atoms with E-state index in [0.717, 1.165) is 10.6 Å². The highest BCUT2D eigenvalue weighted by Gasteiger charge is 2.72. The molecule has 1 aromatic rings. The van der Waals surface area contributed by atoms with Crippen molar-refractivity contribution in [2.45, 2.75) is 24.2 Å². The Balaban J connectivity index is 1.79. The summed E-state index contributed by atoms with van der Waals surface area (Å²) in [5.74, 6) is -1.45. The van der Waals surface area contributed by atoms with Crippen molar-refractivity contribution in [1.29, 1.82) is 0 Å². The van der Waals surface area contributed by atoms with E-state index in [4.69, 9.17) is 9.79 Å². The third-order valence-electron chi connectivity index (χ3n) is 4.73. The number of fused-ring (bicyclic) bond motifs is 1. The van der Waals surface area contributed by atoms with Gasteiger partial charge in [-0.25, -0.2) is 13.9 Å². The summed E-state index contributed by atoms with van der Waals surface area (Å²) in [7, 11) is -10.4. The lowest BCUT2D eigenvalue weighted by Gasteiger charge is -2.24. The molecule has 6 atom stereocenters. The third-order valence-corrected chi connectivity index (χ3v) is 6.88. The van der Waals surface area contributed by atoms with Crippen LogP contribution in [0.1, 0.15) is 6.42 Å². The van der Waals surface area contributed by atoms with Crippen molar-refractivity contribution in [3.63, 3.8) is 0 Å². The molecule has 3 rings (SSSR count). The van der Waals surface area contributed by atoms with Gasteiger partial charge in [-0.2, -0.15) is 4.31 Å². The van der Waals surface area contributed by atoms with Crippen LogP contribution in [0.15, 0.2) is 21.9 Å². The highest BCUT2D eigenvalue weighted by molar-refractivity contribution is 7.60. The van der Waals surface area contributed by atoms with E-state index in [0.29, 0.717) is 0 Å². The predicted molar refractivity (Wildman–Crippen MR) is 81.8 cm³/mol. The van der Waals surface area contributed by atoms with Crippen LogP contribution in [-0.2, 0) is 23.5 Å². The third kappa shape index (κ3) is 3.38. The Kier molecular flexibility index (Phi) is 4.67. The molecule has 1 heterocycles. The Bertz CT molecular complexity index is 921. The molecular weight excluding hydrogens is 398 g/mol. The molecule has 0 aromatic carbocycles. The molecule has 0 aliphatic heterocycles. The van der Waals surface area contributed by atoms with Crippen LogP contribution in [0, 0.1) is 11.8 Å². The van der Waals surface area contributed by atoms with E-state index in [1.165, 1.54) is 6.20 Å². The quantitative estimate of drug-likeness (QED) is 0.276. The van der Waals surface area contributed by atoms with Gasteiger partial charge in [0.2, 0.25) is 0 Å². The number of aliphatic hydroxyl groups excluding tert-OH is 2. The van der Waals surface area contributed by atoms with E-state index in [2.05, 4.69) is 8.83 Å². The molecule has 6 N–H and O–H groups in total. The molecule has 0 spiro atoms. The first-order chi connectivity index (χ1) is 11.9.